The van der Waals surface area contributed by atoms with Gasteiger partial charge < -0.3 is 15.0 Å². The Bertz CT molecular complexity index is 615. The van der Waals surface area contributed by atoms with Gasteiger partial charge in [0.05, 0.1) is 12.8 Å². The predicted molar refractivity (Wildman–Crippen MR) is 92.7 cm³/mol. The number of nitrogens with one attached hydrogen (secondary N) is 1. The lowest BCUT2D eigenvalue weighted by molar-refractivity contribution is 0.415. The minimum absolute atomic E-state index is 0.269. The third kappa shape index (κ3) is 3.39. The van der Waals surface area contributed by atoms with Crippen molar-refractivity contribution in [2.75, 3.05) is 26.1 Å². The highest BCUT2D eigenvalue weighted by Crippen LogP contribution is 2.37. The van der Waals surface area contributed by atoms with Crippen molar-refractivity contribution in [1.82, 2.24) is 5.32 Å². The highest BCUT2D eigenvalue weighted by atomic mass is 79.9. The number of ether oxygens (including phenoxy) is 1. The van der Waals surface area contributed by atoms with Gasteiger partial charge in [-0.3, -0.25) is 0 Å². The van der Waals surface area contributed by atoms with Crippen LogP contribution in [0.25, 0.3) is 0 Å². The smallest absolute Gasteiger partial charge is 0.142 e. The summed E-state index contributed by atoms with van der Waals surface area (Å²) in [4.78, 5) is 2.16. The normalized spacial score (nSPS) is 12.0. The molecule has 2 aromatic rings. The molecule has 1 atom stereocenters. The van der Waals surface area contributed by atoms with Gasteiger partial charge in [-0.05, 0) is 43.8 Å². The molecule has 0 aliphatic heterocycles. The van der Waals surface area contributed by atoms with E-state index in [1.165, 1.54) is 5.56 Å². The van der Waals surface area contributed by atoms with Crippen LogP contribution in [-0.2, 0) is 0 Å². The van der Waals surface area contributed by atoms with Crippen molar-refractivity contribution in [3.05, 3.63) is 52.5 Å². The van der Waals surface area contributed by atoms with Crippen LogP contribution in [0.2, 0.25) is 0 Å². The van der Waals surface area contributed by atoms with Crippen molar-refractivity contribution in [2.45, 2.75) is 13.0 Å². The van der Waals surface area contributed by atoms with E-state index in [4.69, 9.17) is 4.74 Å². The fourth-order valence-electron chi connectivity index (χ4n) is 2.37. The zero-order valence-corrected chi connectivity index (χ0v) is 14.4. The molecule has 0 saturated carbocycles. The Morgan fingerprint density at radius 1 is 1.14 bits per heavy atom. The topological polar surface area (TPSA) is 24.5 Å². The van der Waals surface area contributed by atoms with Crippen molar-refractivity contribution >= 4 is 27.3 Å². The molecule has 0 spiro atoms. The average Bonchev–Trinajstić information content (AvgIpc) is 2.53. The molecule has 0 heterocycles. The van der Waals surface area contributed by atoms with Crippen LogP contribution < -0.4 is 15.0 Å². The highest BCUT2D eigenvalue weighted by Gasteiger charge is 2.16. The number of benzene rings is 2. The molecule has 0 aromatic heterocycles. The monoisotopic (exact) mass is 348 g/mol. The molecule has 0 aliphatic rings. The van der Waals surface area contributed by atoms with Gasteiger partial charge in [0.15, 0.2) is 0 Å². The Balaban J connectivity index is 2.52. The summed E-state index contributed by atoms with van der Waals surface area (Å²) in [6.45, 7) is 2.16. The minimum Gasteiger partial charge on any atom is -0.495 e. The van der Waals surface area contributed by atoms with Gasteiger partial charge in [0, 0.05) is 23.2 Å². The van der Waals surface area contributed by atoms with E-state index in [1.54, 1.807) is 7.11 Å². The van der Waals surface area contributed by atoms with Gasteiger partial charge in [-0.2, -0.15) is 0 Å². The van der Waals surface area contributed by atoms with Crippen LogP contribution in [-0.4, -0.2) is 21.2 Å². The first-order valence-corrected chi connectivity index (χ1v) is 7.71. The minimum atomic E-state index is 0.269. The molecule has 0 saturated heterocycles. The number of methoxy groups -OCH3 is 1. The standard InChI is InChI=1S/C17H21BrN2O/c1-12(19-2)14-10-9-13(18)11-16(14)20(3)15-7-5-6-8-17(15)21-4/h5-12,19H,1-4H3. The molecular formula is C17H21BrN2O. The Labute approximate surface area is 135 Å². The predicted octanol–water partition coefficient (Wildman–Crippen LogP) is 4.51. The second-order valence-electron chi connectivity index (χ2n) is 4.94. The van der Waals surface area contributed by atoms with Crippen molar-refractivity contribution in [1.29, 1.82) is 0 Å². The Hall–Kier alpha value is -1.52. The number of halogens is 1. The molecule has 0 radical (unpaired) electrons. The van der Waals surface area contributed by atoms with Gasteiger partial charge in [-0.15, -0.1) is 0 Å². The third-order valence-electron chi connectivity index (χ3n) is 3.70. The van der Waals surface area contributed by atoms with E-state index in [0.717, 1.165) is 21.6 Å². The van der Waals surface area contributed by atoms with E-state index in [1.807, 2.05) is 25.2 Å². The van der Waals surface area contributed by atoms with Gasteiger partial charge in [0.1, 0.15) is 5.75 Å². The fraction of sp³-hybridized carbons (Fsp3) is 0.294. The van der Waals surface area contributed by atoms with Gasteiger partial charge in [-0.1, -0.05) is 34.1 Å². The van der Waals surface area contributed by atoms with Crippen LogP contribution in [0.15, 0.2) is 46.9 Å². The zero-order valence-electron chi connectivity index (χ0n) is 12.9. The number of anilines is 2. The Morgan fingerprint density at radius 2 is 1.86 bits per heavy atom. The van der Waals surface area contributed by atoms with Crippen LogP contribution in [0, 0.1) is 0 Å². The number of nitrogens with zero attached hydrogens (tertiary/aromatic N) is 1. The van der Waals surface area contributed by atoms with E-state index in [9.17, 15) is 0 Å². The molecular weight excluding hydrogens is 328 g/mol. The number of hydrogen-bond donors (Lipinski definition) is 1. The van der Waals surface area contributed by atoms with E-state index >= 15 is 0 Å². The second kappa shape index (κ2) is 6.96. The van der Waals surface area contributed by atoms with Crippen molar-refractivity contribution in [3.8, 4) is 5.75 Å². The summed E-state index contributed by atoms with van der Waals surface area (Å²) in [5.41, 5.74) is 3.44. The van der Waals surface area contributed by atoms with E-state index < -0.39 is 0 Å². The molecule has 1 N–H and O–H groups in total. The van der Waals surface area contributed by atoms with Crippen LogP contribution in [0.5, 0.6) is 5.75 Å². The summed E-state index contributed by atoms with van der Waals surface area (Å²) in [7, 11) is 5.73. The van der Waals surface area contributed by atoms with Crippen molar-refractivity contribution < 1.29 is 4.74 Å². The largest absolute Gasteiger partial charge is 0.495 e. The number of rotatable bonds is 5. The van der Waals surface area contributed by atoms with Crippen LogP contribution >= 0.6 is 15.9 Å². The lowest BCUT2D eigenvalue weighted by atomic mass is 10.0. The SMILES string of the molecule is CNC(C)c1ccc(Br)cc1N(C)c1ccccc1OC. The molecule has 21 heavy (non-hydrogen) atoms. The third-order valence-corrected chi connectivity index (χ3v) is 4.19. The Kier molecular flexibility index (Phi) is 5.26. The number of hydrogen-bond acceptors (Lipinski definition) is 3. The Morgan fingerprint density at radius 3 is 2.52 bits per heavy atom. The summed E-state index contributed by atoms with van der Waals surface area (Å²) >= 11 is 3.57. The van der Waals surface area contributed by atoms with E-state index in [2.05, 4.69) is 64.4 Å². The van der Waals surface area contributed by atoms with Crippen LogP contribution in [0.3, 0.4) is 0 Å². The average molecular weight is 349 g/mol. The first-order chi connectivity index (χ1) is 10.1. The second-order valence-corrected chi connectivity index (χ2v) is 5.86. The summed E-state index contributed by atoms with van der Waals surface area (Å²) in [6.07, 6.45) is 0. The molecule has 1 unspecified atom stereocenters. The van der Waals surface area contributed by atoms with Crippen LogP contribution in [0.1, 0.15) is 18.5 Å². The van der Waals surface area contributed by atoms with Crippen molar-refractivity contribution in [3.63, 3.8) is 0 Å². The lowest BCUT2D eigenvalue weighted by Crippen LogP contribution is -2.18. The lowest BCUT2D eigenvalue weighted by Gasteiger charge is -2.26. The molecule has 2 rings (SSSR count). The summed E-state index contributed by atoms with van der Waals surface area (Å²) < 4.78 is 6.54. The molecule has 0 fully saturated rings. The number of para-hydroxylation sites is 2. The maximum Gasteiger partial charge on any atom is 0.142 e. The highest BCUT2D eigenvalue weighted by molar-refractivity contribution is 9.10. The summed E-state index contributed by atoms with van der Waals surface area (Å²) in [5, 5.41) is 3.30. The molecule has 2 aromatic carbocycles. The zero-order chi connectivity index (χ0) is 15.4. The van der Waals surface area contributed by atoms with Crippen molar-refractivity contribution in [2.24, 2.45) is 0 Å². The van der Waals surface area contributed by atoms with Gasteiger partial charge in [0.2, 0.25) is 0 Å². The van der Waals surface area contributed by atoms with Gasteiger partial charge >= 0.3 is 0 Å². The molecule has 0 aliphatic carbocycles. The van der Waals surface area contributed by atoms with Crippen LogP contribution in [0.4, 0.5) is 11.4 Å². The quantitative estimate of drug-likeness (QED) is 0.860. The molecule has 3 nitrogen and oxygen atoms in total. The summed E-state index contributed by atoms with van der Waals surface area (Å²) in [5.74, 6) is 0.864. The maximum absolute atomic E-state index is 5.48. The summed E-state index contributed by atoms with van der Waals surface area (Å²) in [6, 6.07) is 14.7. The molecule has 0 amide bonds. The molecule has 112 valence electrons. The van der Waals surface area contributed by atoms with Gasteiger partial charge in [-0.25, -0.2) is 0 Å². The molecule has 0 bridgehead atoms. The molecule has 4 heteroatoms. The fourth-order valence-corrected chi connectivity index (χ4v) is 2.71. The van der Waals surface area contributed by atoms with Gasteiger partial charge in [0.25, 0.3) is 0 Å². The van der Waals surface area contributed by atoms with E-state index in [-0.39, 0.29) is 6.04 Å². The maximum atomic E-state index is 5.48. The first-order valence-electron chi connectivity index (χ1n) is 6.92. The van der Waals surface area contributed by atoms with E-state index in [0.29, 0.717) is 0 Å². The first kappa shape index (κ1) is 15.9.